The van der Waals surface area contributed by atoms with Crippen molar-refractivity contribution in [3.8, 4) is 0 Å². The molecule has 0 unspecified atom stereocenters. The summed E-state index contributed by atoms with van der Waals surface area (Å²) in [5.74, 6) is 0. The molecule has 0 aliphatic rings. The third-order valence-electron chi connectivity index (χ3n) is 3.33. The predicted octanol–water partition coefficient (Wildman–Crippen LogP) is 6.17. The average Bonchev–Trinajstić information content (AvgIpc) is 2.53. The SMILES string of the molecule is C=CCCc1ccc(N=Nc2ccc(CCC)cc2)cc1. The molecule has 0 spiro atoms. The molecule has 2 heteroatoms. The van der Waals surface area contributed by atoms with Crippen LogP contribution in [0.4, 0.5) is 11.4 Å². The van der Waals surface area contributed by atoms with Crippen LogP contribution < -0.4 is 0 Å². The van der Waals surface area contributed by atoms with Gasteiger partial charge in [-0.05, 0) is 54.7 Å². The molecule has 0 fully saturated rings. The first-order chi connectivity index (χ1) is 10.3. The van der Waals surface area contributed by atoms with Gasteiger partial charge in [0.2, 0.25) is 0 Å². The first-order valence-corrected chi connectivity index (χ1v) is 7.52. The molecule has 21 heavy (non-hydrogen) atoms. The summed E-state index contributed by atoms with van der Waals surface area (Å²) in [7, 11) is 0. The lowest BCUT2D eigenvalue weighted by atomic mass is 10.1. The van der Waals surface area contributed by atoms with Crippen LogP contribution in [0, 0.1) is 0 Å². The largest absolute Gasteiger partial charge is 0.151 e. The van der Waals surface area contributed by atoms with Crippen LogP contribution in [-0.4, -0.2) is 0 Å². The van der Waals surface area contributed by atoms with Crippen molar-refractivity contribution in [1.82, 2.24) is 0 Å². The Labute approximate surface area is 127 Å². The molecule has 0 atom stereocenters. The molecule has 2 aromatic carbocycles. The second-order valence-corrected chi connectivity index (χ2v) is 5.11. The number of nitrogens with zero attached hydrogens (tertiary/aromatic N) is 2. The quantitative estimate of drug-likeness (QED) is 0.427. The molecule has 0 saturated carbocycles. The molecule has 2 aromatic rings. The van der Waals surface area contributed by atoms with Gasteiger partial charge in [-0.2, -0.15) is 10.2 Å². The minimum absolute atomic E-state index is 0.884. The van der Waals surface area contributed by atoms with Crippen LogP contribution in [-0.2, 0) is 12.8 Å². The molecule has 108 valence electrons. The van der Waals surface area contributed by atoms with Crippen LogP contribution in [0.2, 0.25) is 0 Å². The van der Waals surface area contributed by atoms with Crippen molar-refractivity contribution < 1.29 is 0 Å². The van der Waals surface area contributed by atoms with Gasteiger partial charge in [-0.1, -0.05) is 43.7 Å². The van der Waals surface area contributed by atoms with Gasteiger partial charge in [0.05, 0.1) is 11.4 Å². The number of rotatable bonds is 7. The normalized spacial score (nSPS) is 10.9. The summed E-state index contributed by atoms with van der Waals surface area (Å²) in [6, 6.07) is 16.5. The summed E-state index contributed by atoms with van der Waals surface area (Å²) < 4.78 is 0. The van der Waals surface area contributed by atoms with Crippen LogP contribution in [0.5, 0.6) is 0 Å². The Balaban J connectivity index is 1.98. The Morgan fingerprint density at radius 1 is 0.810 bits per heavy atom. The van der Waals surface area contributed by atoms with Gasteiger partial charge >= 0.3 is 0 Å². The number of benzene rings is 2. The topological polar surface area (TPSA) is 24.7 Å². The van der Waals surface area contributed by atoms with E-state index in [1.165, 1.54) is 17.5 Å². The van der Waals surface area contributed by atoms with Crippen molar-refractivity contribution in [3.05, 3.63) is 72.3 Å². The number of allylic oxidation sites excluding steroid dienone is 1. The van der Waals surface area contributed by atoms with Gasteiger partial charge in [0, 0.05) is 0 Å². The second-order valence-electron chi connectivity index (χ2n) is 5.11. The minimum Gasteiger partial charge on any atom is -0.151 e. The minimum atomic E-state index is 0.884. The molecule has 0 heterocycles. The van der Waals surface area contributed by atoms with E-state index in [0.717, 1.165) is 30.6 Å². The van der Waals surface area contributed by atoms with Crippen molar-refractivity contribution in [2.45, 2.75) is 32.6 Å². The smallest absolute Gasteiger partial charge is 0.0857 e. The van der Waals surface area contributed by atoms with Crippen LogP contribution in [0.3, 0.4) is 0 Å². The number of azo groups is 1. The van der Waals surface area contributed by atoms with Gasteiger partial charge in [0.1, 0.15) is 0 Å². The second kappa shape index (κ2) is 8.15. The van der Waals surface area contributed by atoms with Crippen LogP contribution in [0.15, 0.2) is 71.4 Å². The Hall–Kier alpha value is -2.22. The lowest BCUT2D eigenvalue weighted by Gasteiger charge is -2.00. The fourth-order valence-electron chi connectivity index (χ4n) is 2.13. The van der Waals surface area contributed by atoms with Gasteiger partial charge in [-0.25, -0.2) is 0 Å². The molecular formula is C19H22N2. The standard InChI is InChI=1S/C19H22N2/c1-3-5-7-17-10-14-19(15-11-17)21-20-18-12-8-16(6-4-2)9-13-18/h3,8-15H,1,4-7H2,2H3. The van der Waals surface area contributed by atoms with Crippen molar-refractivity contribution in [1.29, 1.82) is 0 Å². The number of aryl methyl sites for hydroxylation is 2. The van der Waals surface area contributed by atoms with Crippen molar-refractivity contribution in [2.24, 2.45) is 10.2 Å². The summed E-state index contributed by atoms with van der Waals surface area (Å²) in [5.41, 5.74) is 4.43. The average molecular weight is 278 g/mol. The molecule has 0 N–H and O–H groups in total. The van der Waals surface area contributed by atoms with E-state index in [1.54, 1.807) is 0 Å². The van der Waals surface area contributed by atoms with Crippen molar-refractivity contribution in [2.75, 3.05) is 0 Å². The lowest BCUT2D eigenvalue weighted by molar-refractivity contribution is 0.922. The molecule has 0 saturated heterocycles. The zero-order valence-corrected chi connectivity index (χ0v) is 12.6. The van der Waals surface area contributed by atoms with E-state index >= 15 is 0 Å². The Kier molecular flexibility index (Phi) is 5.89. The van der Waals surface area contributed by atoms with Crippen molar-refractivity contribution in [3.63, 3.8) is 0 Å². The van der Waals surface area contributed by atoms with Gasteiger partial charge in [-0.15, -0.1) is 6.58 Å². The number of hydrogen-bond acceptors (Lipinski definition) is 2. The van der Waals surface area contributed by atoms with Gasteiger partial charge in [0.25, 0.3) is 0 Å². The lowest BCUT2D eigenvalue weighted by Crippen LogP contribution is -1.81. The molecule has 0 aliphatic heterocycles. The van der Waals surface area contributed by atoms with Crippen LogP contribution >= 0.6 is 0 Å². The Morgan fingerprint density at radius 2 is 1.29 bits per heavy atom. The van der Waals surface area contributed by atoms with Gasteiger partial charge in [-0.3, -0.25) is 0 Å². The van der Waals surface area contributed by atoms with Crippen molar-refractivity contribution >= 4 is 11.4 Å². The fraction of sp³-hybridized carbons (Fsp3) is 0.263. The summed E-state index contributed by atoms with van der Waals surface area (Å²) in [4.78, 5) is 0. The molecule has 0 aromatic heterocycles. The van der Waals surface area contributed by atoms with Crippen LogP contribution in [0.1, 0.15) is 30.9 Å². The molecule has 2 rings (SSSR count). The summed E-state index contributed by atoms with van der Waals surface area (Å²) in [5, 5.41) is 8.56. The molecule has 0 aliphatic carbocycles. The molecule has 0 bridgehead atoms. The third kappa shape index (κ3) is 4.99. The highest BCUT2D eigenvalue weighted by atomic mass is 15.1. The Morgan fingerprint density at radius 3 is 1.71 bits per heavy atom. The van der Waals surface area contributed by atoms with E-state index in [-0.39, 0.29) is 0 Å². The fourth-order valence-corrected chi connectivity index (χ4v) is 2.13. The third-order valence-corrected chi connectivity index (χ3v) is 3.33. The summed E-state index contributed by atoms with van der Waals surface area (Å²) in [6.45, 7) is 5.93. The van der Waals surface area contributed by atoms with E-state index < -0.39 is 0 Å². The number of hydrogen-bond donors (Lipinski definition) is 0. The molecular weight excluding hydrogens is 256 g/mol. The predicted molar refractivity (Wildman–Crippen MR) is 89.6 cm³/mol. The van der Waals surface area contributed by atoms with Gasteiger partial charge in [0.15, 0.2) is 0 Å². The molecule has 2 nitrogen and oxygen atoms in total. The first kappa shape index (κ1) is 15.2. The van der Waals surface area contributed by atoms with E-state index in [0.29, 0.717) is 0 Å². The van der Waals surface area contributed by atoms with Gasteiger partial charge < -0.3 is 0 Å². The summed E-state index contributed by atoms with van der Waals surface area (Å²) >= 11 is 0. The molecule has 0 amide bonds. The maximum Gasteiger partial charge on any atom is 0.0857 e. The van der Waals surface area contributed by atoms with Crippen LogP contribution in [0.25, 0.3) is 0 Å². The highest BCUT2D eigenvalue weighted by Gasteiger charge is 1.95. The molecule has 0 radical (unpaired) electrons. The monoisotopic (exact) mass is 278 g/mol. The highest BCUT2D eigenvalue weighted by molar-refractivity contribution is 5.42. The van der Waals surface area contributed by atoms with E-state index in [4.69, 9.17) is 0 Å². The highest BCUT2D eigenvalue weighted by Crippen LogP contribution is 2.20. The summed E-state index contributed by atoms with van der Waals surface area (Å²) in [6.07, 6.45) is 6.25. The Bertz CT molecular complexity index is 580. The van der Waals surface area contributed by atoms with E-state index in [1.807, 2.05) is 30.3 Å². The maximum atomic E-state index is 4.28. The zero-order valence-electron chi connectivity index (χ0n) is 12.6. The maximum absolute atomic E-state index is 4.28. The first-order valence-electron chi connectivity index (χ1n) is 7.52. The zero-order chi connectivity index (χ0) is 14.9. The van der Waals surface area contributed by atoms with E-state index in [2.05, 4.69) is 48.0 Å². The van der Waals surface area contributed by atoms with E-state index in [9.17, 15) is 0 Å².